The minimum atomic E-state index is -1.03. The van der Waals surface area contributed by atoms with Crippen LogP contribution in [0.4, 0.5) is 0 Å². The molecule has 0 unspecified atom stereocenters. The molecule has 0 spiro atoms. The average molecular weight is 250 g/mol. The van der Waals surface area contributed by atoms with Gasteiger partial charge in [-0.2, -0.15) is 0 Å². The Hall–Kier alpha value is -1.91. The molecule has 0 bridgehead atoms. The summed E-state index contributed by atoms with van der Waals surface area (Å²) in [6.07, 6.45) is 3.10. The van der Waals surface area contributed by atoms with Gasteiger partial charge in [0.05, 0.1) is 5.56 Å². The van der Waals surface area contributed by atoms with Crippen molar-refractivity contribution in [1.29, 1.82) is 0 Å². The maximum Gasteiger partial charge on any atom is 0.323 e. The second kappa shape index (κ2) is 5.16. The van der Waals surface area contributed by atoms with Gasteiger partial charge in [0, 0.05) is 17.9 Å². The van der Waals surface area contributed by atoms with Crippen LogP contribution in [0.3, 0.4) is 0 Å². The molecule has 1 rings (SSSR count). The molecule has 0 saturated carbocycles. The van der Waals surface area contributed by atoms with Crippen LogP contribution in [0, 0.1) is 6.92 Å². The third-order valence-corrected chi connectivity index (χ3v) is 2.47. The molecular weight excluding hydrogens is 232 g/mol. The first-order valence-electron chi connectivity index (χ1n) is 5.67. The van der Waals surface area contributed by atoms with Gasteiger partial charge >= 0.3 is 5.97 Å². The van der Waals surface area contributed by atoms with Crippen LogP contribution in [-0.4, -0.2) is 39.0 Å². The Labute approximate surface area is 106 Å². The topological polar surface area (TPSA) is 70.5 Å². The fourth-order valence-electron chi connectivity index (χ4n) is 1.58. The van der Waals surface area contributed by atoms with Crippen LogP contribution < -0.4 is 0 Å². The molecule has 5 heteroatoms. The maximum atomic E-state index is 12.3. The number of hydrogen-bond acceptors (Lipinski definition) is 3. The van der Waals surface area contributed by atoms with Crippen molar-refractivity contribution in [2.24, 2.45) is 0 Å². The average Bonchev–Trinajstić information content (AvgIpc) is 2.23. The fraction of sp³-hybridized carbons (Fsp3) is 0.462. The van der Waals surface area contributed by atoms with Gasteiger partial charge in [-0.15, -0.1) is 0 Å². The summed E-state index contributed by atoms with van der Waals surface area (Å²) in [5.41, 5.74) is 0.718. The fourth-order valence-corrected chi connectivity index (χ4v) is 1.58. The van der Waals surface area contributed by atoms with E-state index in [0.717, 1.165) is 5.56 Å². The molecule has 0 aliphatic rings. The van der Waals surface area contributed by atoms with Crippen molar-refractivity contribution >= 4 is 11.9 Å². The quantitative estimate of drug-likeness (QED) is 0.886. The zero-order valence-electron chi connectivity index (χ0n) is 11.1. The summed E-state index contributed by atoms with van der Waals surface area (Å²) in [5.74, 6) is -1.35. The lowest BCUT2D eigenvalue weighted by molar-refractivity contribution is -0.138. The van der Waals surface area contributed by atoms with Crippen LogP contribution in [0.15, 0.2) is 18.5 Å². The Bertz CT molecular complexity index is 464. The number of rotatable bonds is 3. The van der Waals surface area contributed by atoms with Crippen molar-refractivity contribution in [2.75, 3.05) is 6.54 Å². The van der Waals surface area contributed by atoms with E-state index in [1.54, 1.807) is 33.0 Å². The van der Waals surface area contributed by atoms with E-state index in [9.17, 15) is 9.59 Å². The van der Waals surface area contributed by atoms with Crippen molar-refractivity contribution in [2.45, 2.75) is 33.2 Å². The third kappa shape index (κ3) is 3.55. The molecule has 0 atom stereocenters. The number of aryl methyl sites for hydroxylation is 1. The van der Waals surface area contributed by atoms with Crippen molar-refractivity contribution in [3.63, 3.8) is 0 Å². The maximum absolute atomic E-state index is 12.3. The van der Waals surface area contributed by atoms with Gasteiger partial charge in [0.2, 0.25) is 0 Å². The summed E-state index contributed by atoms with van der Waals surface area (Å²) in [7, 11) is 0. The van der Waals surface area contributed by atoms with E-state index in [0.29, 0.717) is 5.56 Å². The normalized spacial score (nSPS) is 11.1. The highest BCUT2D eigenvalue weighted by atomic mass is 16.4. The molecule has 0 saturated heterocycles. The first kappa shape index (κ1) is 14.2. The molecule has 1 heterocycles. The lowest BCUT2D eigenvalue weighted by Gasteiger charge is -2.34. The molecule has 1 N–H and O–H groups in total. The van der Waals surface area contributed by atoms with Crippen LogP contribution in [-0.2, 0) is 4.79 Å². The second-order valence-electron chi connectivity index (χ2n) is 5.21. The molecule has 0 radical (unpaired) electrons. The standard InChI is InChI=1S/C13H18N2O3/c1-9-5-10(7-14-6-9)12(18)15(8-11(16)17)13(2,3)4/h5-7H,8H2,1-4H3,(H,16,17). The largest absolute Gasteiger partial charge is 0.480 e. The first-order valence-corrected chi connectivity index (χ1v) is 5.67. The zero-order valence-corrected chi connectivity index (χ0v) is 11.1. The SMILES string of the molecule is Cc1cncc(C(=O)N(CC(=O)O)C(C)(C)C)c1. The highest BCUT2D eigenvalue weighted by Crippen LogP contribution is 2.17. The number of aromatic nitrogens is 1. The van der Waals surface area contributed by atoms with Crippen molar-refractivity contribution in [1.82, 2.24) is 9.88 Å². The molecule has 18 heavy (non-hydrogen) atoms. The van der Waals surface area contributed by atoms with E-state index >= 15 is 0 Å². The molecule has 0 aromatic carbocycles. The zero-order chi connectivity index (χ0) is 13.9. The Morgan fingerprint density at radius 3 is 2.39 bits per heavy atom. The summed E-state index contributed by atoms with van der Waals surface area (Å²) in [6, 6.07) is 1.70. The first-order chi connectivity index (χ1) is 8.21. The number of carboxylic acids is 1. The number of nitrogens with zero attached hydrogens (tertiary/aromatic N) is 2. The van der Waals surface area contributed by atoms with E-state index in [1.807, 2.05) is 6.92 Å². The van der Waals surface area contributed by atoms with Gasteiger partial charge in [0.1, 0.15) is 6.54 Å². The molecule has 5 nitrogen and oxygen atoms in total. The minimum Gasteiger partial charge on any atom is -0.480 e. The summed E-state index contributed by atoms with van der Waals surface area (Å²) >= 11 is 0. The highest BCUT2D eigenvalue weighted by Gasteiger charge is 2.29. The number of carbonyl (C=O) groups is 2. The summed E-state index contributed by atoms with van der Waals surface area (Å²) in [6.45, 7) is 6.92. The van der Waals surface area contributed by atoms with Gasteiger partial charge in [-0.05, 0) is 39.3 Å². The summed E-state index contributed by atoms with van der Waals surface area (Å²) < 4.78 is 0. The lowest BCUT2D eigenvalue weighted by Crippen LogP contribution is -2.48. The Morgan fingerprint density at radius 2 is 1.94 bits per heavy atom. The molecular formula is C13H18N2O3. The van der Waals surface area contributed by atoms with Gasteiger partial charge < -0.3 is 10.0 Å². The molecule has 0 aliphatic heterocycles. The minimum absolute atomic E-state index is 0.318. The Balaban J connectivity index is 3.06. The van der Waals surface area contributed by atoms with Crippen LogP contribution in [0.2, 0.25) is 0 Å². The van der Waals surface area contributed by atoms with E-state index in [1.165, 1.54) is 11.1 Å². The predicted molar refractivity (Wildman–Crippen MR) is 67.4 cm³/mol. The second-order valence-corrected chi connectivity index (χ2v) is 5.21. The van der Waals surface area contributed by atoms with Crippen LogP contribution in [0.5, 0.6) is 0 Å². The molecule has 1 aromatic rings. The monoisotopic (exact) mass is 250 g/mol. The molecule has 98 valence electrons. The summed E-state index contributed by atoms with van der Waals surface area (Å²) in [5, 5.41) is 8.89. The van der Waals surface area contributed by atoms with Gasteiger partial charge in [0.25, 0.3) is 5.91 Å². The third-order valence-electron chi connectivity index (χ3n) is 2.47. The number of aliphatic carboxylic acids is 1. The smallest absolute Gasteiger partial charge is 0.323 e. The van der Waals surface area contributed by atoms with Crippen LogP contribution in [0.1, 0.15) is 36.7 Å². The summed E-state index contributed by atoms with van der Waals surface area (Å²) in [4.78, 5) is 28.4. The van der Waals surface area contributed by atoms with Crippen LogP contribution >= 0.6 is 0 Å². The van der Waals surface area contributed by atoms with Crippen LogP contribution in [0.25, 0.3) is 0 Å². The Morgan fingerprint density at radius 1 is 1.33 bits per heavy atom. The number of carbonyl (C=O) groups excluding carboxylic acids is 1. The van der Waals surface area contributed by atoms with E-state index in [4.69, 9.17) is 5.11 Å². The Kier molecular flexibility index (Phi) is 4.06. The lowest BCUT2D eigenvalue weighted by atomic mass is 10.0. The number of pyridine rings is 1. The van der Waals surface area contributed by atoms with Gasteiger partial charge in [-0.25, -0.2) is 0 Å². The molecule has 1 aromatic heterocycles. The van der Waals surface area contributed by atoms with Crippen molar-refractivity contribution < 1.29 is 14.7 Å². The molecule has 0 aliphatic carbocycles. The van der Waals surface area contributed by atoms with Crippen molar-refractivity contribution in [3.8, 4) is 0 Å². The number of carboxylic acid groups (broad SMARTS) is 1. The van der Waals surface area contributed by atoms with Gasteiger partial charge in [0.15, 0.2) is 0 Å². The predicted octanol–water partition coefficient (Wildman–Crippen LogP) is 1.72. The highest BCUT2D eigenvalue weighted by molar-refractivity contribution is 5.96. The number of hydrogen-bond donors (Lipinski definition) is 1. The van der Waals surface area contributed by atoms with Crippen molar-refractivity contribution in [3.05, 3.63) is 29.6 Å². The molecule has 0 fully saturated rings. The van der Waals surface area contributed by atoms with Gasteiger partial charge in [-0.1, -0.05) is 0 Å². The van der Waals surface area contributed by atoms with E-state index in [2.05, 4.69) is 4.98 Å². The van der Waals surface area contributed by atoms with E-state index < -0.39 is 11.5 Å². The number of amides is 1. The van der Waals surface area contributed by atoms with Gasteiger partial charge in [-0.3, -0.25) is 14.6 Å². The van der Waals surface area contributed by atoms with E-state index in [-0.39, 0.29) is 12.5 Å². The molecule has 1 amide bonds.